The number of hydrogen-bond acceptors (Lipinski definition) is 3. The molecule has 0 spiro atoms. The van der Waals surface area contributed by atoms with Crippen molar-refractivity contribution in [2.24, 2.45) is 5.73 Å². The molecule has 21 heavy (non-hydrogen) atoms. The normalized spacial score (nSPS) is 18.8. The number of nitrogens with one attached hydrogen (secondary N) is 1. The van der Waals surface area contributed by atoms with Gasteiger partial charge in [-0.2, -0.15) is 0 Å². The summed E-state index contributed by atoms with van der Waals surface area (Å²) in [5.41, 5.74) is 5.62. The standard InChI is InChI=1S/C15H19N3O3/c1-15(2,9-10-6-4-3-5-7-10)18-11(8-12(16)19)13(20)17-14(18)21/h3-7,11H,8-9H2,1-2H3,(H2,16,19)(H,17,20,21). The van der Waals surface area contributed by atoms with Crippen LogP contribution in [0.4, 0.5) is 4.79 Å². The molecule has 1 saturated heterocycles. The van der Waals surface area contributed by atoms with Crippen molar-refractivity contribution in [1.82, 2.24) is 10.2 Å². The quantitative estimate of drug-likeness (QED) is 0.785. The summed E-state index contributed by atoms with van der Waals surface area (Å²) in [6.45, 7) is 3.73. The predicted octanol–water partition coefficient (Wildman–Crippen LogP) is 0.804. The molecule has 6 nitrogen and oxygen atoms in total. The number of hydrogen-bond donors (Lipinski definition) is 2. The maximum Gasteiger partial charge on any atom is 0.325 e. The van der Waals surface area contributed by atoms with E-state index in [9.17, 15) is 14.4 Å². The summed E-state index contributed by atoms with van der Waals surface area (Å²) in [6.07, 6.45) is 0.402. The Labute approximate surface area is 123 Å². The van der Waals surface area contributed by atoms with E-state index in [-0.39, 0.29) is 6.42 Å². The molecule has 0 bridgehead atoms. The van der Waals surface area contributed by atoms with Crippen LogP contribution in [-0.4, -0.2) is 34.3 Å². The van der Waals surface area contributed by atoms with Gasteiger partial charge in [0.1, 0.15) is 6.04 Å². The number of carbonyl (C=O) groups excluding carboxylic acids is 3. The third kappa shape index (κ3) is 3.21. The van der Waals surface area contributed by atoms with Crippen LogP contribution in [0.25, 0.3) is 0 Å². The van der Waals surface area contributed by atoms with Crippen molar-refractivity contribution in [1.29, 1.82) is 0 Å². The largest absolute Gasteiger partial charge is 0.370 e. The SMILES string of the molecule is CC(C)(Cc1ccccc1)N1C(=O)NC(=O)C1CC(N)=O. The van der Waals surface area contributed by atoms with Gasteiger partial charge in [0.05, 0.1) is 6.42 Å². The molecule has 0 aromatic heterocycles. The van der Waals surface area contributed by atoms with Gasteiger partial charge in [-0.1, -0.05) is 30.3 Å². The maximum absolute atomic E-state index is 12.1. The minimum atomic E-state index is -0.839. The van der Waals surface area contributed by atoms with Crippen molar-refractivity contribution in [3.05, 3.63) is 35.9 Å². The predicted molar refractivity (Wildman–Crippen MR) is 77.2 cm³/mol. The molecule has 2 rings (SSSR count). The summed E-state index contributed by atoms with van der Waals surface area (Å²) in [6, 6.07) is 8.35. The highest BCUT2D eigenvalue weighted by Gasteiger charge is 2.46. The fraction of sp³-hybridized carbons (Fsp3) is 0.400. The van der Waals surface area contributed by atoms with E-state index in [2.05, 4.69) is 5.32 Å². The van der Waals surface area contributed by atoms with Gasteiger partial charge in [-0.05, 0) is 25.8 Å². The zero-order valence-corrected chi connectivity index (χ0v) is 12.1. The van der Waals surface area contributed by atoms with Crippen LogP contribution in [-0.2, 0) is 16.0 Å². The number of nitrogens with zero attached hydrogens (tertiary/aromatic N) is 1. The van der Waals surface area contributed by atoms with Crippen molar-refractivity contribution in [3.8, 4) is 0 Å². The molecule has 1 aromatic rings. The van der Waals surface area contributed by atoms with E-state index in [0.717, 1.165) is 5.56 Å². The first kappa shape index (κ1) is 15.0. The smallest absolute Gasteiger partial charge is 0.325 e. The summed E-state index contributed by atoms with van der Waals surface area (Å²) in [5.74, 6) is -1.08. The van der Waals surface area contributed by atoms with Gasteiger partial charge in [0.25, 0.3) is 5.91 Å². The number of amides is 4. The van der Waals surface area contributed by atoms with Crippen LogP contribution in [0.5, 0.6) is 0 Å². The Morgan fingerprint density at radius 3 is 2.48 bits per heavy atom. The summed E-state index contributed by atoms with van der Waals surface area (Å²) in [5, 5.41) is 2.25. The molecule has 1 aliphatic rings. The molecule has 0 aliphatic carbocycles. The van der Waals surface area contributed by atoms with Crippen LogP contribution in [0, 0.1) is 0 Å². The number of nitrogens with two attached hydrogens (primary N) is 1. The number of primary amides is 1. The fourth-order valence-electron chi connectivity index (χ4n) is 2.76. The Kier molecular flexibility index (Phi) is 3.97. The van der Waals surface area contributed by atoms with Crippen LogP contribution in [0.2, 0.25) is 0 Å². The highest BCUT2D eigenvalue weighted by Crippen LogP contribution is 2.27. The van der Waals surface area contributed by atoms with E-state index < -0.39 is 29.4 Å². The van der Waals surface area contributed by atoms with Crippen molar-refractivity contribution in [3.63, 3.8) is 0 Å². The first-order valence-corrected chi connectivity index (χ1v) is 6.77. The Hall–Kier alpha value is -2.37. The summed E-state index contributed by atoms with van der Waals surface area (Å²) < 4.78 is 0. The minimum Gasteiger partial charge on any atom is -0.370 e. The van der Waals surface area contributed by atoms with Crippen molar-refractivity contribution < 1.29 is 14.4 Å². The molecular formula is C15H19N3O3. The van der Waals surface area contributed by atoms with Gasteiger partial charge in [-0.15, -0.1) is 0 Å². The molecule has 112 valence electrons. The van der Waals surface area contributed by atoms with Gasteiger partial charge >= 0.3 is 6.03 Å². The topological polar surface area (TPSA) is 92.5 Å². The zero-order chi connectivity index (χ0) is 15.6. The lowest BCUT2D eigenvalue weighted by Crippen LogP contribution is -2.52. The van der Waals surface area contributed by atoms with E-state index in [1.165, 1.54) is 4.90 Å². The second kappa shape index (κ2) is 5.55. The first-order chi connectivity index (χ1) is 9.81. The monoisotopic (exact) mass is 289 g/mol. The molecular weight excluding hydrogens is 270 g/mol. The Morgan fingerprint density at radius 2 is 1.90 bits per heavy atom. The molecule has 0 radical (unpaired) electrons. The first-order valence-electron chi connectivity index (χ1n) is 6.77. The Bertz CT molecular complexity index is 569. The van der Waals surface area contributed by atoms with Gasteiger partial charge in [0.2, 0.25) is 5.91 Å². The highest BCUT2D eigenvalue weighted by molar-refractivity contribution is 6.06. The summed E-state index contributed by atoms with van der Waals surface area (Å²) in [7, 11) is 0. The van der Waals surface area contributed by atoms with E-state index in [0.29, 0.717) is 6.42 Å². The molecule has 1 aromatic carbocycles. The molecule has 1 aliphatic heterocycles. The lowest BCUT2D eigenvalue weighted by molar-refractivity contribution is -0.127. The Morgan fingerprint density at radius 1 is 1.29 bits per heavy atom. The van der Waals surface area contributed by atoms with Gasteiger partial charge in [-0.25, -0.2) is 4.79 Å². The molecule has 0 saturated carbocycles. The van der Waals surface area contributed by atoms with Crippen molar-refractivity contribution >= 4 is 17.8 Å². The Balaban J connectivity index is 2.25. The fourth-order valence-corrected chi connectivity index (χ4v) is 2.76. The second-order valence-electron chi connectivity index (χ2n) is 5.83. The summed E-state index contributed by atoms with van der Waals surface area (Å²) in [4.78, 5) is 36.5. The lowest BCUT2D eigenvalue weighted by Gasteiger charge is -2.37. The number of imide groups is 1. The average molecular weight is 289 g/mol. The van der Waals surface area contributed by atoms with Gasteiger partial charge < -0.3 is 10.6 Å². The molecule has 1 unspecified atom stereocenters. The van der Waals surface area contributed by atoms with E-state index in [4.69, 9.17) is 5.73 Å². The van der Waals surface area contributed by atoms with Crippen LogP contribution >= 0.6 is 0 Å². The highest BCUT2D eigenvalue weighted by atomic mass is 16.2. The van der Waals surface area contributed by atoms with Gasteiger partial charge in [0.15, 0.2) is 0 Å². The number of carbonyl (C=O) groups is 3. The lowest BCUT2D eigenvalue weighted by atomic mass is 9.91. The van der Waals surface area contributed by atoms with Gasteiger partial charge in [-0.3, -0.25) is 14.9 Å². The van der Waals surface area contributed by atoms with Gasteiger partial charge in [0, 0.05) is 5.54 Å². The van der Waals surface area contributed by atoms with Crippen molar-refractivity contribution in [2.75, 3.05) is 0 Å². The minimum absolute atomic E-state index is 0.171. The molecule has 4 amide bonds. The third-order valence-corrected chi connectivity index (χ3v) is 3.59. The van der Waals surface area contributed by atoms with Crippen LogP contribution in [0.15, 0.2) is 30.3 Å². The third-order valence-electron chi connectivity index (χ3n) is 3.59. The van der Waals surface area contributed by atoms with Crippen molar-refractivity contribution in [2.45, 2.75) is 38.3 Å². The van der Waals surface area contributed by atoms with E-state index in [1.54, 1.807) is 0 Å². The molecule has 1 atom stereocenters. The molecule has 6 heteroatoms. The van der Waals surface area contributed by atoms with E-state index >= 15 is 0 Å². The second-order valence-corrected chi connectivity index (χ2v) is 5.83. The summed E-state index contributed by atoms with van der Waals surface area (Å²) >= 11 is 0. The van der Waals surface area contributed by atoms with Crippen LogP contribution in [0.1, 0.15) is 25.8 Å². The number of rotatable bonds is 5. The molecule has 1 heterocycles. The molecule has 3 N–H and O–H groups in total. The number of urea groups is 1. The number of benzene rings is 1. The van der Waals surface area contributed by atoms with Crippen LogP contribution in [0.3, 0.4) is 0 Å². The zero-order valence-electron chi connectivity index (χ0n) is 12.1. The average Bonchev–Trinajstić information content (AvgIpc) is 2.64. The maximum atomic E-state index is 12.1. The van der Waals surface area contributed by atoms with E-state index in [1.807, 2.05) is 44.2 Å². The van der Waals surface area contributed by atoms with Crippen LogP contribution < -0.4 is 11.1 Å². The molecule has 1 fully saturated rings.